The molecule has 1 aromatic heterocycles. The molecule has 0 aliphatic carbocycles. The second kappa shape index (κ2) is 8.43. The number of carbonyl (C=O) groups is 1. The van der Waals surface area contributed by atoms with E-state index in [1.807, 2.05) is 4.90 Å². The Morgan fingerprint density at radius 1 is 1.32 bits per heavy atom. The smallest absolute Gasteiger partial charge is 0.356 e. The average molecular weight is 409 g/mol. The molecule has 0 fully saturated rings. The van der Waals surface area contributed by atoms with E-state index in [9.17, 15) is 13.6 Å². The first kappa shape index (κ1) is 20.5. The van der Waals surface area contributed by atoms with Crippen LogP contribution in [0.3, 0.4) is 0 Å². The molecular formula is C21H23ClF2N2O2. The number of ether oxygens (including phenoxy) is 1. The number of anilines is 1. The van der Waals surface area contributed by atoms with E-state index in [4.69, 9.17) is 16.3 Å². The summed E-state index contributed by atoms with van der Waals surface area (Å²) in [7, 11) is 0. The Hall–Kier alpha value is -2.21. The number of carbonyl (C=O) groups excluding carboxylic acids is 1. The van der Waals surface area contributed by atoms with Gasteiger partial charge >= 0.3 is 5.97 Å². The molecule has 0 saturated carbocycles. The maximum Gasteiger partial charge on any atom is 0.356 e. The summed E-state index contributed by atoms with van der Waals surface area (Å²) in [6.07, 6.45) is 2.53. The fourth-order valence-corrected chi connectivity index (χ4v) is 3.76. The number of fused-ring (bicyclic) bond motifs is 1. The molecular weight excluding hydrogens is 386 g/mol. The normalized spacial score (nSPS) is 16.2. The van der Waals surface area contributed by atoms with E-state index in [0.29, 0.717) is 24.7 Å². The topological polar surface area (TPSA) is 42.4 Å². The zero-order valence-corrected chi connectivity index (χ0v) is 16.9. The van der Waals surface area contributed by atoms with Crippen molar-refractivity contribution in [3.8, 4) is 0 Å². The third kappa shape index (κ3) is 4.27. The van der Waals surface area contributed by atoms with Crippen molar-refractivity contribution in [1.29, 1.82) is 0 Å². The lowest BCUT2D eigenvalue weighted by Crippen LogP contribution is -2.34. The van der Waals surface area contributed by atoms with Gasteiger partial charge in [-0.15, -0.1) is 0 Å². The molecule has 0 saturated heterocycles. The lowest BCUT2D eigenvalue weighted by atomic mass is 9.84. The highest BCUT2D eigenvalue weighted by atomic mass is 35.5. The lowest BCUT2D eigenvalue weighted by molar-refractivity contribution is 0.0519. The summed E-state index contributed by atoms with van der Waals surface area (Å²) in [4.78, 5) is 18.2. The molecule has 0 spiro atoms. The van der Waals surface area contributed by atoms with Crippen LogP contribution in [0.25, 0.3) is 0 Å². The van der Waals surface area contributed by atoms with Crippen molar-refractivity contribution in [2.45, 2.75) is 39.7 Å². The van der Waals surface area contributed by atoms with Crippen LogP contribution in [-0.4, -0.2) is 24.1 Å². The summed E-state index contributed by atoms with van der Waals surface area (Å²) in [5.41, 5.74) is 2.69. The van der Waals surface area contributed by atoms with Crippen LogP contribution in [0.4, 0.5) is 14.5 Å². The molecule has 0 bridgehead atoms. The number of aromatic nitrogens is 1. The van der Waals surface area contributed by atoms with Crippen LogP contribution in [-0.2, 0) is 11.3 Å². The number of rotatable bonds is 5. The standard InChI is InChI=1S/C21H23ClF2N2O2/c1-4-28-21(27)19-8-16-13(5-12(2)3)10-26(11-14(16)9-25-19)15-6-17(23)20(22)18(24)7-15/h6-9,12-13H,4-5,10-11H2,1-3H3. The molecule has 150 valence electrons. The van der Waals surface area contributed by atoms with Crippen molar-refractivity contribution in [3.05, 3.63) is 57.9 Å². The molecule has 0 amide bonds. The van der Waals surface area contributed by atoms with Crippen LogP contribution in [0, 0.1) is 17.6 Å². The van der Waals surface area contributed by atoms with E-state index in [1.165, 1.54) is 12.1 Å². The Balaban J connectivity index is 1.98. The van der Waals surface area contributed by atoms with Crippen molar-refractivity contribution in [2.24, 2.45) is 5.92 Å². The van der Waals surface area contributed by atoms with Gasteiger partial charge in [-0.1, -0.05) is 25.4 Å². The predicted octanol–water partition coefficient (Wildman–Crippen LogP) is 5.34. The first-order valence-electron chi connectivity index (χ1n) is 9.35. The van der Waals surface area contributed by atoms with Gasteiger partial charge in [-0.2, -0.15) is 0 Å². The summed E-state index contributed by atoms with van der Waals surface area (Å²) < 4.78 is 33.0. The lowest BCUT2D eigenvalue weighted by Gasteiger charge is -2.37. The number of hydrogen-bond donors (Lipinski definition) is 0. The Morgan fingerprint density at radius 2 is 2.00 bits per heavy atom. The van der Waals surface area contributed by atoms with Gasteiger partial charge < -0.3 is 9.64 Å². The van der Waals surface area contributed by atoms with Crippen LogP contribution in [0.2, 0.25) is 5.02 Å². The number of nitrogens with zero attached hydrogens (tertiary/aromatic N) is 2. The van der Waals surface area contributed by atoms with Crippen molar-refractivity contribution in [1.82, 2.24) is 4.98 Å². The molecule has 1 atom stereocenters. The number of benzene rings is 1. The molecule has 0 radical (unpaired) electrons. The Morgan fingerprint density at radius 3 is 2.61 bits per heavy atom. The van der Waals surface area contributed by atoms with E-state index in [1.54, 1.807) is 19.2 Å². The van der Waals surface area contributed by atoms with Gasteiger partial charge in [0.15, 0.2) is 0 Å². The molecule has 2 heterocycles. The quantitative estimate of drug-likeness (QED) is 0.494. The second-order valence-electron chi connectivity index (χ2n) is 7.42. The minimum absolute atomic E-state index is 0.0988. The second-order valence-corrected chi connectivity index (χ2v) is 7.80. The zero-order valence-electron chi connectivity index (χ0n) is 16.1. The molecule has 1 aliphatic heterocycles. The van der Waals surface area contributed by atoms with E-state index >= 15 is 0 Å². The van der Waals surface area contributed by atoms with Gasteiger partial charge in [0.1, 0.15) is 22.4 Å². The number of pyridine rings is 1. The zero-order chi connectivity index (χ0) is 20.4. The SMILES string of the molecule is CCOC(=O)c1cc2c(cn1)CN(c1cc(F)c(Cl)c(F)c1)CC2CC(C)C. The summed E-state index contributed by atoms with van der Waals surface area (Å²) in [5.74, 6) is -1.49. The number of halogens is 3. The molecule has 4 nitrogen and oxygen atoms in total. The van der Waals surface area contributed by atoms with Gasteiger partial charge in [0.05, 0.1) is 6.61 Å². The molecule has 2 aromatic rings. The van der Waals surface area contributed by atoms with Crippen LogP contribution in [0.5, 0.6) is 0 Å². The van der Waals surface area contributed by atoms with Gasteiger partial charge in [-0.3, -0.25) is 0 Å². The molecule has 3 rings (SSSR count). The Kier molecular flexibility index (Phi) is 6.18. The van der Waals surface area contributed by atoms with Crippen LogP contribution >= 0.6 is 11.6 Å². The monoisotopic (exact) mass is 408 g/mol. The molecule has 7 heteroatoms. The largest absolute Gasteiger partial charge is 0.461 e. The van der Waals surface area contributed by atoms with Crippen molar-refractivity contribution < 1.29 is 18.3 Å². The van der Waals surface area contributed by atoms with E-state index in [-0.39, 0.29) is 18.2 Å². The third-order valence-electron chi connectivity index (χ3n) is 4.84. The molecule has 1 aromatic carbocycles. The number of hydrogen-bond acceptors (Lipinski definition) is 4. The average Bonchev–Trinajstić information content (AvgIpc) is 2.65. The van der Waals surface area contributed by atoms with Crippen LogP contribution in [0.15, 0.2) is 24.4 Å². The summed E-state index contributed by atoms with van der Waals surface area (Å²) in [5, 5.41) is -0.499. The van der Waals surface area contributed by atoms with E-state index in [0.717, 1.165) is 17.5 Å². The Bertz CT molecular complexity index is 866. The van der Waals surface area contributed by atoms with E-state index < -0.39 is 22.6 Å². The predicted molar refractivity (Wildman–Crippen MR) is 105 cm³/mol. The van der Waals surface area contributed by atoms with Crippen molar-refractivity contribution in [3.63, 3.8) is 0 Å². The fraction of sp³-hybridized carbons (Fsp3) is 0.429. The van der Waals surface area contributed by atoms with Crippen molar-refractivity contribution >= 4 is 23.3 Å². The first-order chi connectivity index (χ1) is 13.3. The molecule has 1 unspecified atom stereocenters. The molecule has 0 N–H and O–H groups in total. The highest BCUT2D eigenvalue weighted by Crippen LogP contribution is 2.36. The van der Waals surface area contributed by atoms with Gasteiger partial charge in [0, 0.05) is 30.9 Å². The van der Waals surface area contributed by atoms with Crippen molar-refractivity contribution in [2.75, 3.05) is 18.1 Å². The molecule has 1 aliphatic rings. The number of esters is 1. The first-order valence-corrected chi connectivity index (χ1v) is 9.73. The minimum Gasteiger partial charge on any atom is -0.461 e. The minimum atomic E-state index is -0.779. The highest BCUT2D eigenvalue weighted by Gasteiger charge is 2.28. The highest BCUT2D eigenvalue weighted by molar-refractivity contribution is 6.30. The summed E-state index contributed by atoms with van der Waals surface area (Å²) in [6, 6.07) is 4.30. The fourth-order valence-electron chi connectivity index (χ4n) is 3.65. The van der Waals surface area contributed by atoms with Crippen LogP contribution in [0.1, 0.15) is 54.7 Å². The third-order valence-corrected chi connectivity index (χ3v) is 5.20. The maximum atomic E-state index is 14.0. The van der Waals surface area contributed by atoms with Gasteiger partial charge in [-0.25, -0.2) is 18.6 Å². The van der Waals surface area contributed by atoms with Gasteiger partial charge in [0.2, 0.25) is 0 Å². The summed E-state index contributed by atoms with van der Waals surface area (Å²) in [6.45, 7) is 7.30. The van der Waals surface area contributed by atoms with Gasteiger partial charge in [0.25, 0.3) is 0 Å². The molecule has 28 heavy (non-hydrogen) atoms. The Labute approximate surface area is 168 Å². The van der Waals surface area contributed by atoms with E-state index in [2.05, 4.69) is 18.8 Å². The van der Waals surface area contributed by atoms with Gasteiger partial charge in [-0.05, 0) is 48.6 Å². The van der Waals surface area contributed by atoms with Crippen LogP contribution < -0.4 is 4.90 Å². The summed E-state index contributed by atoms with van der Waals surface area (Å²) >= 11 is 5.62. The maximum absolute atomic E-state index is 14.0.